The Labute approximate surface area is 261 Å². The number of nitrogens with one attached hydrogen (secondary N) is 1. The molecule has 2 saturated heterocycles. The maximum atomic E-state index is 14.0. The molecule has 2 aliphatic heterocycles. The van der Waals surface area contributed by atoms with Gasteiger partial charge in [-0.2, -0.15) is 0 Å². The third-order valence-electron chi connectivity index (χ3n) is 7.68. The number of carbonyl (C=O) groups excluding carboxylic acids is 1. The lowest BCUT2D eigenvalue weighted by molar-refractivity contribution is -0.117. The SMILES string of the molecule is C=C(O)C(=N/C=C(\C)C(=O)NCC)N1CCN(C2CCN(Cc3ccc(F)cc3F)CC2)CC1.C\C=C(C)/C=C(C)\C=C\O. The minimum Gasteiger partial charge on any atom is -0.516 e. The van der Waals surface area contributed by atoms with E-state index in [0.29, 0.717) is 49.2 Å². The molecular formula is C34H49F2N5O3. The number of hydrogen-bond acceptors (Lipinski definition) is 6. The Balaban J connectivity index is 0.000000580. The maximum Gasteiger partial charge on any atom is 0.248 e. The molecule has 0 unspecified atom stereocenters. The van der Waals surface area contributed by atoms with Gasteiger partial charge < -0.3 is 20.4 Å². The first-order valence-corrected chi connectivity index (χ1v) is 15.2. The van der Waals surface area contributed by atoms with Crippen molar-refractivity contribution < 1.29 is 23.8 Å². The molecule has 0 aliphatic carbocycles. The number of carbonyl (C=O) groups is 1. The van der Waals surface area contributed by atoms with E-state index in [1.807, 2.05) is 44.7 Å². The molecule has 3 rings (SSSR count). The summed E-state index contributed by atoms with van der Waals surface area (Å²) in [5.41, 5.74) is 3.25. The molecule has 0 spiro atoms. The summed E-state index contributed by atoms with van der Waals surface area (Å²) < 4.78 is 27.1. The van der Waals surface area contributed by atoms with Crippen molar-refractivity contribution in [2.24, 2.45) is 4.99 Å². The summed E-state index contributed by atoms with van der Waals surface area (Å²) in [6, 6.07) is 4.23. The summed E-state index contributed by atoms with van der Waals surface area (Å²) in [5.74, 6) is -0.955. The van der Waals surface area contributed by atoms with Crippen LogP contribution in [0.2, 0.25) is 0 Å². The van der Waals surface area contributed by atoms with E-state index in [-0.39, 0.29) is 11.7 Å². The molecule has 3 N–H and O–H groups in total. The number of likely N-dealkylation sites (N-methyl/N-ethyl adjacent to an activating group) is 1. The van der Waals surface area contributed by atoms with Crippen molar-refractivity contribution in [3.8, 4) is 0 Å². The zero-order valence-corrected chi connectivity index (χ0v) is 26.8. The number of aliphatic hydroxyl groups excluding tert-OH is 2. The molecular weight excluding hydrogens is 564 g/mol. The van der Waals surface area contributed by atoms with Crippen molar-refractivity contribution in [1.29, 1.82) is 0 Å². The molecule has 2 aliphatic rings. The quantitative estimate of drug-likeness (QED) is 0.104. The predicted octanol–water partition coefficient (Wildman–Crippen LogP) is 6.03. The average Bonchev–Trinajstić information content (AvgIpc) is 2.99. The first kappa shape index (κ1) is 36.4. The van der Waals surface area contributed by atoms with Gasteiger partial charge in [-0.1, -0.05) is 30.4 Å². The number of rotatable bonds is 9. The molecule has 242 valence electrons. The molecule has 2 heterocycles. The summed E-state index contributed by atoms with van der Waals surface area (Å²) in [6.45, 7) is 19.0. The molecule has 44 heavy (non-hydrogen) atoms. The largest absolute Gasteiger partial charge is 0.516 e. The molecule has 0 aromatic heterocycles. The lowest BCUT2D eigenvalue weighted by Gasteiger charge is -2.43. The lowest BCUT2D eigenvalue weighted by Crippen LogP contribution is -2.54. The number of hydrogen-bond donors (Lipinski definition) is 3. The zero-order chi connectivity index (χ0) is 32.6. The van der Waals surface area contributed by atoms with Gasteiger partial charge in [0, 0.05) is 68.7 Å². The summed E-state index contributed by atoms with van der Waals surface area (Å²) in [7, 11) is 0. The number of piperazine rings is 1. The van der Waals surface area contributed by atoms with E-state index >= 15 is 0 Å². The highest BCUT2D eigenvalue weighted by Gasteiger charge is 2.29. The Morgan fingerprint density at radius 1 is 1.09 bits per heavy atom. The highest BCUT2D eigenvalue weighted by Crippen LogP contribution is 2.21. The summed E-state index contributed by atoms with van der Waals surface area (Å²) >= 11 is 0. The second-order valence-corrected chi connectivity index (χ2v) is 11.1. The van der Waals surface area contributed by atoms with Crippen LogP contribution in [-0.2, 0) is 11.3 Å². The predicted molar refractivity (Wildman–Crippen MR) is 174 cm³/mol. The van der Waals surface area contributed by atoms with E-state index in [1.165, 1.54) is 23.9 Å². The molecule has 2 fully saturated rings. The van der Waals surface area contributed by atoms with Crippen LogP contribution in [0.25, 0.3) is 0 Å². The van der Waals surface area contributed by atoms with Crippen LogP contribution in [0.4, 0.5) is 8.78 Å². The first-order valence-electron chi connectivity index (χ1n) is 15.2. The van der Waals surface area contributed by atoms with Crippen molar-refractivity contribution in [3.05, 3.63) is 95.1 Å². The van der Waals surface area contributed by atoms with Gasteiger partial charge in [-0.25, -0.2) is 13.8 Å². The number of amidine groups is 1. The number of amides is 1. The smallest absolute Gasteiger partial charge is 0.248 e. The van der Waals surface area contributed by atoms with Crippen molar-refractivity contribution >= 4 is 11.7 Å². The molecule has 0 bridgehead atoms. The van der Waals surface area contributed by atoms with Crippen LogP contribution in [0.1, 0.15) is 53.0 Å². The van der Waals surface area contributed by atoms with E-state index in [2.05, 4.69) is 26.7 Å². The monoisotopic (exact) mass is 613 g/mol. The van der Waals surface area contributed by atoms with Crippen LogP contribution in [0, 0.1) is 11.6 Å². The molecule has 10 heteroatoms. The van der Waals surface area contributed by atoms with Crippen molar-refractivity contribution in [1.82, 2.24) is 20.0 Å². The number of nitrogens with zero attached hydrogens (tertiary/aromatic N) is 4. The van der Waals surface area contributed by atoms with E-state index in [4.69, 9.17) is 5.11 Å². The van der Waals surface area contributed by atoms with E-state index in [1.54, 1.807) is 13.0 Å². The normalized spacial score (nSPS) is 18.3. The van der Waals surface area contributed by atoms with Crippen LogP contribution in [-0.4, -0.2) is 88.5 Å². The third kappa shape index (κ3) is 12.1. The molecule has 1 aromatic rings. The van der Waals surface area contributed by atoms with Gasteiger partial charge in [-0.05, 0) is 78.3 Å². The molecule has 1 aromatic carbocycles. The Morgan fingerprint density at radius 2 is 1.75 bits per heavy atom. The summed E-state index contributed by atoms with van der Waals surface area (Å²) in [5, 5.41) is 21.2. The topological polar surface area (TPSA) is 91.6 Å². The fourth-order valence-electron chi connectivity index (χ4n) is 5.10. The van der Waals surface area contributed by atoms with Gasteiger partial charge in [-0.3, -0.25) is 14.6 Å². The molecule has 0 atom stereocenters. The number of aliphatic hydroxyl groups is 2. The number of halogens is 2. The highest BCUT2D eigenvalue weighted by molar-refractivity contribution is 5.97. The zero-order valence-electron chi connectivity index (χ0n) is 26.8. The molecule has 0 radical (unpaired) electrons. The summed E-state index contributed by atoms with van der Waals surface area (Å²) in [6.07, 6.45) is 10.2. The van der Waals surface area contributed by atoms with E-state index < -0.39 is 11.6 Å². The van der Waals surface area contributed by atoms with Crippen molar-refractivity contribution in [2.45, 2.75) is 60.0 Å². The van der Waals surface area contributed by atoms with Gasteiger partial charge in [0.25, 0.3) is 0 Å². The Kier molecular flexibility index (Phi) is 15.6. The van der Waals surface area contributed by atoms with Gasteiger partial charge in [-0.15, -0.1) is 0 Å². The Hall–Kier alpha value is -3.76. The van der Waals surface area contributed by atoms with Gasteiger partial charge in [0.05, 0.1) is 6.26 Å². The number of allylic oxidation sites excluding steroid dienone is 5. The van der Waals surface area contributed by atoms with Gasteiger partial charge in [0.2, 0.25) is 5.91 Å². The Bertz CT molecular complexity index is 1260. The van der Waals surface area contributed by atoms with Crippen molar-refractivity contribution in [2.75, 3.05) is 45.8 Å². The minimum absolute atomic E-state index is 0.116. The lowest BCUT2D eigenvalue weighted by atomic mass is 10.0. The van der Waals surface area contributed by atoms with Gasteiger partial charge >= 0.3 is 0 Å². The number of likely N-dealkylation sites (tertiary alicyclic amines) is 1. The maximum absolute atomic E-state index is 14.0. The third-order valence-corrected chi connectivity index (χ3v) is 7.68. The second-order valence-electron chi connectivity index (χ2n) is 11.1. The van der Waals surface area contributed by atoms with E-state index in [9.17, 15) is 18.7 Å². The first-order chi connectivity index (χ1) is 21.0. The van der Waals surface area contributed by atoms with Crippen molar-refractivity contribution in [3.63, 3.8) is 0 Å². The average molecular weight is 614 g/mol. The molecule has 8 nitrogen and oxygen atoms in total. The minimum atomic E-state index is -0.551. The van der Waals surface area contributed by atoms with Gasteiger partial charge in [0.1, 0.15) is 11.6 Å². The fraction of sp³-hybridized carbons (Fsp3) is 0.471. The standard InChI is InChI=1S/C25H35F2N5O2.C9H14O/c1-4-28-25(34)18(2)16-29-24(19(3)33)32-13-11-31(12-14-32)22-7-9-30(10-8-22)17-20-5-6-21(26)15-23(20)27;1-4-8(2)7-9(3)5-6-10/h5-6,15-16,22,33H,3-4,7-14,17H2,1-2H3,(H,28,34);4-7,10H,1-3H3/b18-16+,29-24?;6-5+,8-4-,9-7-. The number of piperidine rings is 1. The van der Waals surface area contributed by atoms with Crippen LogP contribution < -0.4 is 5.32 Å². The number of benzene rings is 1. The Morgan fingerprint density at radius 3 is 2.30 bits per heavy atom. The second kappa shape index (κ2) is 18.8. The molecule has 1 amide bonds. The molecule has 0 saturated carbocycles. The van der Waals surface area contributed by atoms with E-state index in [0.717, 1.165) is 56.9 Å². The van der Waals surface area contributed by atoms with Crippen LogP contribution >= 0.6 is 0 Å². The van der Waals surface area contributed by atoms with Crippen LogP contribution in [0.5, 0.6) is 0 Å². The number of aliphatic imine (C=N–C) groups is 1. The summed E-state index contributed by atoms with van der Waals surface area (Å²) in [4.78, 5) is 22.9. The van der Waals surface area contributed by atoms with Crippen LogP contribution in [0.3, 0.4) is 0 Å². The van der Waals surface area contributed by atoms with Crippen LogP contribution in [0.15, 0.2) is 82.9 Å². The highest BCUT2D eigenvalue weighted by atomic mass is 19.1. The van der Waals surface area contributed by atoms with Gasteiger partial charge in [0.15, 0.2) is 11.6 Å². The fourth-order valence-corrected chi connectivity index (χ4v) is 5.10.